The third-order valence-corrected chi connectivity index (χ3v) is 4.99. The highest BCUT2D eigenvalue weighted by Crippen LogP contribution is 2.47. The van der Waals surface area contributed by atoms with Crippen LogP contribution in [-0.2, 0) is 18.1 Å². The number of aliphatic hydroxyl groups is 1. The fourth-order valence-corrected chi connectivity index (χ4v) is 3.40. The summed E-state index contributed by atoms with van der Waals surface area (Å²) in [6, 6.07) is 7.43. The normalized spacial score (nSPS) is 14.1. The summed E-state index contributed by atoms with van der Waals surface area (Å²) in [6.07, 6.45) is -2.09. The summed E-state index contributed by atoms with van der Waals surface area (Å²) in [5.41, 5.74) is -6.40. The largest absolute Gasteiger partial charge is 0.377 e. The van der Waals surface area contributed by atoms with Crippen LogP contribution in [0.2, 0.25) is 0 Å². The monoisotopic (exact) mass is 453 g/mol. The van der Waals surface area contributed by atoms with Gasteiger partial charge in [-0.3, -0.25) is 0 Å². The van der Waals surface area contributed by atoms with Crippen molar-refractivity contribution in [3.8, 4) is 0 Å². The van der Waals surface area contributed by atoms with E-state index in [2.05, 4.69) is 20.5 Å². The lowest BCUT2D eigenvalue weighted by molar-refractivity contribution is -0.207. The lowest BCUT2D eigenvalue weighted by Crippen LogP contribution is -2.48. The third kappa shape index (κ3) is 3.55. The Hall–Kier alpha value is -3.54. The second-order valence-electron chi connectivity index (χ2n) is 6.98. The first-order valence-corrected chi connectivity index (χ1v) is 9.08. The van der Waals surface area contributed by atoms with Crippen molar-refractivity contribution in [2.75, 3.05) is 0 Å². The number of tetrazole rings is 1. The number of aromatic nitrogens is 5. The molecule has 0 aliphatic carbocycles. The summed E-state index contributed by atoms with van der Waals surface area (Å²) < 4.78 is 87.0. The highest BCUT2D eigenvalue weighted by atomic mass is 19.3. The maximum atomic E-state index is 15.8. The van der Waals surface area contributed by atoms with Gasteiger partial charge < -0.3 is 5.11 Å². The zero-order chi connectivity index (χ0) is 23.1. The number of hydrogen-bond donors (Lipinski definition) is 1. The predicted molar refractivity (Wildman–Crippen MR) is 98.7 cm³/mol. The molecule has 2 heterocycles. The summed E-state index contributed by atoms with van der Waals surface area (Å²) in [5.74, 6) is -6.85. The van der Waals surface area contributed by atoms with E-state index in [4.69, 9.17) is 0 Å². The Kier molecular flexibility index (Phi) is 5.33. The minimum Gasteiger partial charge on any atom is -0.377 e. The van der Waals surface area contributed by atoms with Crippen molar-refractivity contribution in [3.05, 3.63) is 83.3 Å². The number of benzene rings is 2. The summed E-state index contributed by atoms with van der Waals surface area (Å²) in [6.45, 7) is -1.05. The van der Waals surface area contributed by atoms with Gasteiger partial charge in [0.2, 0.25) is 0 Å². The Balaban J connectivity index is 1.92. The van der Waals surface area contributed by atoms with E-state index in [1.807, 2.05) is 0 Å². The fraction of sp³-hybridized carbons (Fsp3) is 0.200. The van der Waals surface area contributed by atoms with Crippen LogP contribution in [0, 0.1) is 11.6 Å². The summed E-state index contributed by atoms with van der Waals surface area (Å²) >= 11 is 0. The molecule has 4 aromatic rings. The van der Waals surface area contributed by atoms with Gasteiger partial charge in [0.25, 0.3) is 6.43 Å². The second kappa shape index (κ2) is 7.86. The van der Waals surface area contributed by atoms with Crippen molar-refractivity contribution in [2.45, 2.75) is 24.5 Å². The average molecular weight is 453 g/mol. The Labute approximate surface area is 176 Å². The van der Waals surface area contributed by atoms with Gasteiger partial charge in [0.1, 0.15) is 23.7 Å². The molecule has 32 heavy (non-hydrogen) atoms. The van der Waals surface area contributed by atoms with Crippen LogP contribution in [0.3, 0.4) is 0 Å². The quantitative estimate of drug-likeness (QED) is 0.445. The lowest BCUT2D eigenvalue weighted by atomic mass is 9.84. The molecule has 0 aliphatic heterocycles. The van der Waals surface area contributed by atoms with E-state index in [1.165, 1.54) is 12.1 Å². The summed E-state index contributed by atoms with van der Waals surface area (Å²) in [4.78, 5) is 3.69. The molecular weight excluding hydrogens is 440 g/mol. The molecule has 0 saturated heterocycles. The van der Waals surface area contributed by atoms with Gasteiger partial charge in [0.05, 0.1) is 12.1 Å². The molecular formula is C20H13F6N5O. The highest BCUT2D eigenvalue weighted by molar-refractivity contribution is 5.82. The zero-order valence-corrected chi connectivity index (χ0v) is 15.9. The number of hydrogen-bond acceptors (Lipinski definition) is 5. The molecule has 0 fully saturated rings. The highest BCUT2D eigenvalue weighted by Gasteiger charge is 2.58. The first-order chi connectivity index (χ1) is 15.1. The van der Waals surface area contributed by atoms with Crippen molar-refractivity contribution in [3.63, 3.8) is 0 Å². The summed E-state index contributed by atoms with van der Waals surface area (Å²) in [7, 11) is 0. The van der Waals surface area contributed by atoms with E-state index >= 15 is 8.78 Å². The Morgan fingerprint density at radius 2 is 1.81 bits per heavy atom. The van der Waals surface area contributed by atoms with Gasteiger partial charge in [-0.05, 0) is 28.6 Å². The van der Waals surface area contributed by atoms with Crippen LogP contribution in [0.4, 0.5) is 26.3 Å². The molecule has 0 amide bonds. The average Bonchev–Trinajstić information content (AvgIpc) is 3.25. The molecule has 4 rings (SSSR count). The van der Waals surface area contributed by atoms with Crippen molar-refractivity contribution in [2.24, 2.45) is 0 Å². The number of rotatable bonds is 6. The Morgan fingerprint density at radius 3 is 2.47 bits per heavy atom. The topological polar surface area (TPSA) is 76.7 Å². The van der Waals surface area contributed by atoms with Crippen LogP contribution in [0.15, 0.2) is 54.9 Å². The van der Waals surface area contributed by atoms with E-state index in [-0.39, 0.29) is 5.39 Å². The maximum Gasteiger partial charge on any atom is 0.323 e. The predicted octanol–water partition coefficient (Wildman–Crippen LogP) is 4.12. The molecule has 12 heteroatoms. The molecule has 166 valence electrons. The zero-order valence-electron chi connectivity index (χ0n) is 15.9. The van der Waals surface area contributed by atoms with E-state index in [0.717, 1.165) is 29.2 Å². The van der Waals surface area contributed by atoms with Crippen LogP contribution in [0.25, 0.3) is 10.9 Å². The fourth-order valence-electron chi connectivity index (χ4n) is 3.40. The molecule has 1 unspecified atom stereocenters. The van der Waals surface area contributed by atoms with E-state index < -0.39 is 58.5 Å². The minimum absolute atomic E-state index is 0.166. The molecule has 2 aromatic carbocycles. The maximum absolute atomic E-state index is 15.8. The number of alkyl halides is 4. The lowest BCUT2D eigenvalue weighted by Gasteiger charge is -2.35. The number of fused-ring (bicyclic) bond motifs is 1. The summed E-state index contributed by atoms with van der Waals surface area (Å²) in [5, 5.41) is 21.3. The third-order valence-electron chi connectivity index (χ3n) is 4.99. The van der Waals surface area contributed by atoms with E-state index in [1.54, 1.807) is 0 Å². The van der Waals surface area contributed by atoms with Gasteiger partial charge in [-0.1, -0.05) is 24.3 Å². The molecule has 0 saturated carbocycles. The van der Waals surface area contributed by atoms with Crippen LogP contribution in [-0.4, -0.2) is 30.3 Å². The Morgan fingerprint density at radius 1 is 1.03 bits per heavy atom. The van der Waals surface area contributed by atoms with E-state index in [9.17, 15) is 22.7 Å². The molecule has 6 nitrogen and oxygen atoms in total. The van der Waals surface area contributed by atoms with Gasteiger partial charge in [0, 0.05) is 22.6 Å². The first-order valence-electron chi connectivity index (χ1n) is 9.08. The van der Waals surface area contributed by atoms with Gasteiger partial charge in [-0.2, -0.15) is 8.78 Å². The van der Waals surface area contributed by atoms with Crippen LogP contribution >= 0.6 is 0 Å². The van der Waals surface area contributed by atoms with Crippen molar-refractivity contribution in [1.29, 1.82) is 0 Å². The molecule has 1 atom stereocenters. The number of para-hydroxylation sites is 1. The van der Waals surface area contributed by atoms with Crippen molar-refractivity contribution < 1.29 is 31.4 Å². The van der Waals surface area contributed by atoms with Crippen LogP contribution < -0.4 is 0 Å². The van der Waals surface area contributed by atoms with E-state index in [0.29, 0.717) is 18.2 Å². The SMILES string of the molecule is OC(Cn1cnnn1)(c1ccc(F)cc1F)C(F)(F)c1ccc2cccc(C(F)F)c2n1. The standard InChI is InChI=1S/C20H13F6N5O/c21-12-5-6-14(15(22)8-12)19(32,9-31-10-27-29-30-31)20(25,26)16-7-4-11-2-1-3-13(18(23)24)17(11)28-16/h1-8,10,18,32H,9H2. The van der Waals surface area contributed by atoms with Gasteiger partial charge >= 0.3 is 5.92 Å². The second-order valence-corrected chi connectivity index (χ2v) is 6.98. The minimum atomic E-state index is -4.35. The molecule has 2 aromatic heterocycles. The number of nitrogens with zero attached hydrogens (tertiary/aromatic N) is 5. The van der Waals surface area contributed by atoms with Gasteiger partial charge in [0.15, 0.2) is 5.60 Å². The van der Waals surface area contributed by atoms with Crippen molar-refractivity contribution >= 4 is 10.9 Å². The van der Waals surface area contributed by atoms with Gasteiger partial charge in [-0.25, -0.2) is 27.2 Å². The molecule has 0 spiro atoms. The smallest absolute Gasteiger partial charge is 0.323 e. The Bertz CT molecular complexity index is 1270. The van der Waals surface area contributed by atoms with Gasteiger partial charge in [-0.15, -0.1) is 5.10 Å². The number of pyridine rings is 1. The first kappa shape index (κ1) is 21.7. The molecule has 0 bridgehead atoms. The van der Waals surface area contributed by atoms with Crippen LogP contribution in [0.1, 0.15) is 23.2 Å². The molecule has 1 N–H and O–H groups in total. The molecule has 0 aliphatic rings. The number of halogens is 6. The van der Waals surface area contributed by atoms with Crippen molar-refractivity contribution in [1.82, 2.24) is 25.2 Å². The molecule has 0 radical (unpaired) electrons. The van der Waals surface area contributed by atoms with Crippen LogP contribution in [0.5, 0.6) is 0 Å².